The Morgan fingerprint density at radius 2 is 1.81 bits per heavy atom. The molecule has 0 radical (unpaired) electrons. The first-order valence-corrected chi connectivity index (χ1v) is 8.07. The van der Waals surface area contributed by atoms with Gasteiger partial charge in [-0.15, -0.1) is 13.2 Å². The lowest BCUT2D eigenvalue weighted by Gasteiger charge is -2.24. The zero-order valence-electron chi connectivity index (χ0n) is 14.3. The molecule has 0 aliphatic rings. The van der Waals surface area contributed by atoms with Gasteiger partial charge in [0.2, 0.25) is 6.54 Å². The van der Waals surface area contributed by atoms with Crippen LogP contribution in [-0.2, 0) is 6.54 Å². The molecule has 0 aromatic heterocycles. The maximum absolute atomic E-state index is 12.4. The van der Waals surface area contributed by atoms with Crippen LogP contribution in [0.4, 0.5) is 18.9 Å². The summed E-state index contributed by atoms with van der Waals surface area (Å²) in [7, 11) is 0. The van der Waals surface area contributed by atoms with Crippen molar-refractivity contribution in [1.82, 2.24) is 0 Å². The average Bonchev–Trinajstić information content (AvgIpc) is 2.59. The number of ether oxygens (including phenoxy) is 2. The molecule has 0 atom stereocenters. The first-order valence-electron chi connectivity index (χ1n) is 8.07. The third-order valence-corrected chi connectivity index (χ3v) is 3.54. The van der Waals surface area contributed by atoms with Crippen molar-refractivity contribution in [2.24, 2.45) is 0 Å². The van der Waals surface area contributed by atoms with Crippen LogP contribution in [0.25, 0.3) is 4.85 Å². The minimum absolute atomic E-state index is 0.246. The average molecular weight is 364 g/mol. The maximum atomic E-state index is 12.4. The summed E-state index contributed by atoms with van der Waals surface area (Å²) in [5.74, 6) is 0.418. The monoisotopic (exact) mass is 364 g/mol. The molecule has 26 heavy (non-hydrogen) atoms. The van der Waals surface area contributed by atoms with E-state index in [4.69, 9.17) is 11.3 Å². The van der Waals surface area contributed by atoms with Gasteiger partial charge < -0.3 is 19.2 Å². The van der Waals surface area contributed by atoms with Crippen LogP contribution < -0.4 is 14.4 Å². The second kappa shape index (κ2) is 8.99. The van der Waals surface area contributed by atoms with Gasteiger partial charge in [0.1, 0.15) is 11.5 Å². The summed E-state index contributed by atoms with van der Waals surface area (Å²) in [6.07, 6.45) is -4.72. The summed E-state index contributed by atoms with van der Waals surface area (Å²) in [6, 6.07) is 13.3. The SMILES string of the molecule is [C-]#[N+]CCOc1cccc(CN(CC)c2cccc(OC(F)(F)F)c2)c1. The van der Waals surface area contributed by atoms with Crippen molar-refractivity contribution in [2.75, 3.05) is 24.6 Å². The van der Waals surface area contributed by atoms with Crippen molar-refractivity contribution >= 4 is 5.69 Å². The van der Waals surface area contributed by atoms with Crippen LogP contribution >= 0.6 is 0 Å². The number of anilines is 1. The van der Waals surface area contributed by atoms with E-state index in [0.717, 1.165) is 5.56 Å². The lowest BCUT2D eigenvalue weighted by molar-refractivity contribution is -0.274. The first-order chi connectivity index (χ1) is 12.4. The Morgan fingerprint density at radius 3 is 2.50 bits per heavy atom. The fourth-order valence-electron chi connectivity index (χ4n) is 2.43. The topological polar surface area (TPSA) is 26.1 Å². The minimum Gasteiger partial charge on any atom is -0.486 e. The van der Waals surface area contributed by atoms with Gasteiger partial charge in [0.05, 0.1) is 0 Å². The second-order valence-corrected chi connectivity index (χ2v) is 5.44. The van der Waals surface area contributed by atoms with Gasteiger partial charge in [0.25, 0.3) is 0 Å². The number of nitrogens with zero attached hydrogens (tertiary/aromatic N) is 2. The van der Waals surface area contributed by atoms with Gasteiger partial charge in [-0.05, 0) is 36.8 Å². The van der Waals surface area contributed by atoms with Gasteiger partial charge in [0.15, 0.2) is 6.61 Å². The minimum atomic E-state index is -4.72. The highest BCUT2D eigenvalue weighted by Crippen LogP contribution is 2.28. The van der Waals surface area contributed by atoms with Gasteiger partial charge in [-0.2, -0.15) is 0 Å². The molecule has 2 aromatic rings. The lowest BCUT2D eigenvalue weighted by Crippen LogP contribution is -2.22. The van der Waals surface area contributed by atoms with E-state index in [1.165, 1.54) is 18.2 Å². The van der Waals surface area contributed by atoms with E-state index >= 15 is 0 Å². The van der Waals surface area contributed by atoms with Crippen molar-refractivity contribution in [3.63, 3.8) is 0 Å². The normalized spacial score (nSPS) is 10.9. The van der Waals surface area contributed by atoms with Crippen molar-refractivity contribution in [2.45, 2.75) is 19.8 Å². The molecule has 0 saturated carbocycles. The largest absolute Gasteiger partial charge is 0.573 e. The number of hydrogen-bond donors (Lipinski definition) is 0. The summed E-state index contributed by atoms with van der Waals surface area (Å²) in [4.78, 5) is 5.16. The second-order valence-electron chi connectivity index (χ2n) is 5.44. The number of halogens is 3. The third kappa shape index (κ3) is 6.20. The van der Waals surface area contributed by atoms with Crippen molar-refractivity contribution in [3.8, 4) is 11.5 Å². The molecule has 0 bridgehead atoms. The Labute approximate surface area is 150 Å². The summed E-state index contributed by atoms with van der Waals surface area (Å²) in [5, 5.41) is 0. The van der Waals surface area contributed by atoms with E-state index < -0.39 is 6.36 Å². The van der Waals surface area contributed by atoms with E-state index in [1.807, 2.05) is 36.1 Å². The summed E-state index contributed by atoms with van der Waals surface area (Å²) in [5.41, 5.74) is 1.59. The van der Waals surface area contributed by atoms with Crippen LogP contribution in [0.2, 0.25) is 0 Å². The molecule has 4 nitrogen and oxygen atoms in total. The fourth-order valence-corrected chi connectivity index (χ4v) is 2.43. The van der Waals surface area contributed by atoms with Crippen molar-refractivity contribution in [1.29, 1.82) is 0 Å². The molecule has 0 N–H and O–H groups in total. The summed E-state index contributed by atoms with van der Waals surface area (Å²) in [6.45, 7) is 10.4. The smallest absolute Gasteiger partial charge is 0.486 e. The third-order valence-electron chi connectivity index (χ3n) is 3.54. The molecule has 0 aliphatic heterocycles. The van der Waals surface area contributed by atoms with Crippen LogP contribution in [0.1, 0.15) is 12.5 Å². The number of alkyl halides is 3. The zero-order chi connectivity index (χ0) is 19.0. The van der Waals surface area contributed by atoms with Gasteiger partial charge in [-0.1, -0.05) is 18.2 Å². The van der Waals surface area contributed by atoms with Gasteiger partial charge >= 0.3 is 6.36 Å². The molecular formula is C19H19F3N2O2. The maximum Gasteiger partial charge on any atom is 0.573 e. The molecule has 0 amide bonds. The Morgan fingerprint density at radius 1 is 1.08 bits per heavy atom. The molecule has 138 valence electrons. The van der Waals surface area contributed by atoms with Gasteiger partial charge in [-0.25, -0.2) is 6.57 Å². The van der Waals surface area contributed by atoms with Crippen LogP contribution in [0, 0.1) is 6.57 Å². The van der Waals surface area contributed by atoms with Crippen LogP contribution in [-0.4, -0.2) is 26.1 Å². The Kier molecular flexibility index (Phi) is 6.73. The summed E-state index contributed by atoms with van der Waals surface area (Å²) >= 11 is 0. The zero-order valence-corrected chi connectivity index (χ0v) is 14.3. The lowest BCUT2D eigenvalue weighted by atomic mass is 10.2. The summed E-state index contributed by atoms with van der Waals surface area (Å²) < 4.78 is 46.7. The molecule has 0 fully saturated rings. The highest BCUT2D eigenvalue weighted by Gasteiger charge is 2.31. The quantitative estimate of drug-likeness (QED) is 0.492. The number of rotatable bonds is 8. The molecular weight excluding hydrogens is 345 g/mol. The van der Waals surface area contributed by atoms with Crippen LogP contribution in [0.3, 0.4) is 0 Å². The van der Waals surface area contributed by atoms with Crippen molar-refractivity contribution < 1.29 is 22.6 Å². The van der Waals surface area contributed by atoms with E-state index in [1.54, 1.807) is 6.07 Å². The molecule has 7 heteroatoms. The predicted molar refractivity (Wildman–Crippen MR) is 93.3 cm³/mol. The molecule has 2 aromatic carbocycles. The predicted octanol–water partition coefficient (Wildman–Crippen LogP) is 4.91. The molecule has 0 spiro atoms. The van der Waals surface area contributed by atoms with Gasteiger partial charge in [-0.3, -0.25) is 0 Å². The van der Waals surface area contributed by atoms with Crippen LogP contribution in [0.5, 0.6) is 11.5 Å². The van der Waals surface area contributed by atoms with E-state index in [9.17, 15) is 13.2 Å². The van der Waals surface area contributed by atoms with Crippen molar-refractivity contribution in [3.05, 3.63) is 65.5 Å². The number of benzene rings is 2. The standard InChI is InChI=1S/C19H19F3N2O2/c1-3-24(16-7-5-9-18(13-16)26-19(20,21)22)14-15-6-4-8-17(12-15)25-11-10-23-2/h4-9,12-13H,3,10-11,14H2,1H3. The van der Waals surface area contributed by atoms with Crippen LogP contribution in [0.15, 0.2) is 48.5 Å². The first kappa shape index (κ1) is 19.4. The fraction of sp³-hybridized carbons (Fsp3) is 0.316. The van der Waals surface area contributed by atoms with E-state index in [2.05, 4.69) is 9.58 Å². The van der Waals surface area contributed by atoms with Gasteiger partial charge in [0, 0.05) is 24.8 Å². The molecule has 0 aliphatic carbocycles. The molecule has 2 rings (SSSR count). The highest BCUT2D eigenvalue weighted by atomic mass is 19.4. The number of hydrogen-bond acceptors (Lipinski definition) is 3. The molecule has 0 saturated heterocycles. The molecule has 0 heterocycles. The van der Waals surface area contributed by atoms with E-state index in [-0.39, 0.29) is 12.3 Å². The Balaban J connectivity index is 2.11. The molecule has 0 unspecified atom stereocenters. The van der Waals surface area contributed by atoms with E-state index in [0.29, 0.717) is 31.1 Å². The Hall–Kier alpha value is -2.88. The Bertz CT molecular complexity index is 757. The highest BCUT2D eigenvalue weighted by molar-refractivity contribution is 5.51.